The predicted molar refractivity (Wildman–Crippen MR) is 104 cm³/mol. The molecule has 0 atom stereocenters. The third-order valence-electron chi connectivity index (χ3n) is 4.46. The molecule has 4 rings (SSSR count). The molecule has 29 heavy (non-hydrogen) atoms. The Kier molecular flexibility index (Phi) is 4.84. The van der Waals surface area contributed by atoms with Crippen LogP contribution in [0.15, 0.2) is 66.7 Å². The Morgan fingerprint density at radius 3 is 2.24 bits per heavy atom. The highest BCUT2D eigenvalue weighted by atomic mass is 19.4. The molecule has 0 amide bonds. The number of fused-ring (bicyclic) bond motifs is 1. The zero-order chi connectivity index (χ0) is 20.4. The van der Waals surface area contributed by atoms with E-state index in [0.29, 0.717) is 12.1 Å². The maximum Gasteiger partial charge on any atom is 0.416 e. The van der Waals surface area contributed by atoms with Gasteiger partial charge in [0.2, 0.25) is 0 Å². The number of ether oxygens (including phenoxy) is 1. The molecule has 1 N–H and O–H groups in total. The summed E-state index contributed by atoms with van der Waals surface area (Å²) in [4.78, 5) is 1.55. The van der Waals surface area contributed by atoms with Crippen molar-refractivity contribution in [3.63, 3.8) is 0 Å². The van der Waals surface area contributed by atoms with Crippen LogP contribution in [0.4, 0.5) is 18.9 Å². The van der Waals surface area contributed by atoms with Crippen LogP contribution in [0.1, 0.15) is 11.1 Å². The van der Waals surface area contributed by atoms with Crippen LogP contribution in [0.25, 0.3) is 16.7 Å². The number of anilines is 1. The van der Waals surface area contributed by atoms with Gasteiger partial charge < -0.3 is 10.1 Å². The van der Waals surface area contributed by atoms with E-state index < -0.39 is 11.7 Å². The second-order valence-corrected chi connectivity index (χ2v) is 6.44. The minimum absolute atomic E-state index is 0.399. The van der Waals surface area contributed by atoms with Crippen LogP contribution in [0.2, 0.25) is 0 Å². The lowest BCUT2D eigenvalue weighted by Gasteiger charge is -2.09. The second kappa shape index (κ2) is 7.46. The molecule has 0 fully saturated rings. The van der Waals surface area contributed by atoms with Gasteiger partial charge in [-0.15, -0.1) is 10.2 Å². The van der Waals surface area contributed by atoms with E-state index in [0.717, 1.165) is 40.3 Å². The van der Waals surface area contributed by atoms with Gasteiger partial charge in [0.25, 0.3) is 0 Å². The second-order valence-electron chi connectivity index (χ2n) is 6.44. The summed E-state index contributed by atoms with van der Waals surface area (Å²) in [5.74, 6) is 0.750. The van der Waals surface area contributed by atoms with Gasteiger partial charge in [0, 0.05) is 12.2 Å². The molecule has 0 saturated carbocycles. The van der Waals surface area contributed by atoms with Crippen LogP contribution in [0.3, 0.4) is 0 Å². The average molecular weight is 398 g/mol. The number of hydrogen-bond acceptors (Lipinski definition) is 4. The summed E-state index contributed by atoms with van der Waals surface area (Å²) in [7, 11) is 1.61. The van der Waals surface area contributed by atoms with Crippen molar-refractivity contribution in [3.05, 3.63) is 77.9 Å². The van der Waals surface area contributed by atoms with Gasteiger partial charge in [0.1, 0.15) is 16.8 Å². The van der Waals surface area contributed by atoms with E-state index in [9.17, 15) is 13.2 Å². The molecule has 0 radical (unpaired) electrons. The Bertz CT molecular complexity index is 1120. The normalized spacial score (nSPS) is 11.6. The number of benzene rings is 3. The molecule has 8 heteroatoms. The number of nitrogens with zero attached hydrogens (tertiary/aromatic N) is 3. The number of aromatic nitrogens is 3. The van der Waals surface area contributed by atoms with Gasteiger partial charge >= 0.3 is 6.18 Å². The highest BCUT2D eigenvalue weighted by molar-refractivity contribution is 5.78. The molecule has 3 aromatic carbocycles. The summed E-state index contributed by atoms with van der Waals surface area (Å²) >= 11 is 0. The molecule has 4 aromatic rings. The van der Waals surface area contributed by atoms with Gasteiger partial charge in [0.05, 0.1) is 18.4 Å². The molecule has 5 nitrogen and oxygen atoms in total. The number of nitrogens with one attached hydrogen (secondary N) is 1. The standard InChI is InChI=1S/C21H17F3N4O/c1-29-18-9-7-17(8-10-18)28-26-19-11-6-16(12-20(19)27-28)25-13-14-2-4-15(5-3-14)21(22,23)24/h2-12,25H,13H2,1H3. The molecule has 0 aliphatic heterocycles. The van der Waals surface area contributed by atoms with Crippen LogP contribution >= 0.6 is 0 Å². The van der Waals surface area contributed by atoms with E-state index in [2.05, 4.69) is 15.5 Å². The molecule has 0 aliphatic rings. The Morgan fingerprint density at radius 1 is 0.897 bits per heavy atom. The van der Waals surface area contributed by atoms with Gasteiger partial charge in [-0.05, 0) is 60.2 Å². The van der Waals surface area contributed by atoms with Crippen LogP contribution < -0.4 is 10.1 Å². The van der Waals surface area contributed by atoms with Gasteiger partial charge in [-0.1, -0.05) is 12.1 Å². The monoisotopic (exact) mass is 398 g/mol. The summed E-state index contributed by atoms with van der Waals surface area (Å²) < 4.78 is 43.1. The van der Waals surface area contributed by atoms with Gasteiger partial charge in [-0.2, -0.15) is 18.0 Å². The smallest absolute Gasteiger partial charge is 0.416 e. The largest absolute Gasteiger partial charge is 0.497 e. The lowest BCUT2D eigenvalue weighted by atomic mass is 10.1. The predicted octanol–water partition coefficient (Wildman–Crippen LogP) is 5.06. The van der Waals surface area contributed by atoms with Crippen molar-refractivity contribution in [1.29, 1.82) is 0 Å². The van der Waals surface area contributed by atoms with E-state index in [1.807, 2.05) is 42.5 Å². The highest BCUT2D eigenvalue weighted by Crippen LogP contribution is 2.29. The van der Waals surface area contributed by atoms with Crippen LogP contribution in [0, 0.1) is 0 Å². The zero-order valence-corrected chi connectivity index (χ0v) is 15.4. The SMILES string of the molecule is COc1ccc(-n2nc3ccc(NCc4ccc(C(F)(F)F)cc4)cc3n2)cc1. The first-order valence-corrected chi connectivity index (χ1v) is 8.84. The molecule has 1 heterocycles. The molecule has 0 aliphatic carbocycles. The fraction of sp³-hybridized carbons (Fsp3) is 0.143. The number of rotatable bonds is 5. The van der Waals surface area contributed by atoms with E-state index in [1.165, 1.54) is 12.1 Å². The maximum atomic E-state index is 12.6. The number of alkyl halides is 3. The number of hydrogen-bond donors (Lipinski definition) is 1. The molecular formula is C21H17F3N4O. The minimum atomic E-state index is -4.33. The molecular weight excluding hydrogens is 381 g/mol. The van der Waals surface area contributed by atoms with Crippen molar-refractivity contribution in [3.8, 4) is 11.4 Å². The Morgan fingerprint density at radius 2 is 1.59 bits per heavy atom. The van der Waals surface area contributed by atoms with Gasteiger partial charge in [-0.3, -0.25) is 0 Å². The van der Waals surface area contributed by atoms with E-state index in [4.69, 9.17) is 4.74 Å². The fourth-order valence-corrected chi connectivity index (χ4v) is 2.87. The van der Waals surface area contributed by atoms with Crippen molar-refractivity contribution < 1.29 is 17.9 Å². The summed E-state index contributed by atoms with van der Waals surface area (Å²) in [6.07, 6.45) is -4.33. The third-order valence-corrected chi connectivity index (χ3v) is 4.46. The minimum Gasteiger partial charge on any atom is -0.497 e. The van der Waals surface area contributed by atoms with Crippen molar-refractivity contribution in [2.75, 3.05) is 12.4 Å². The first kappa shape index (κ1) is 18.8. The van der Waals surface area contributed by atoms with Crippen molar-refractivity contribution >= 4 is 16.7 Å². The van der Waals surface area contributed by atoms with Crippen molar-refractivity contribution in [2.45, 2.75) is 12.7 Å². The lowest BCUT2D eigenvalue weighted by Crippen LogP contribution is -2.05. The molecule has 148 valence electrons. The van der Waals surface area contributed by atoms with E-state index >= 15 is 0 Å². The summed E-state index contributed by atoms with van der Waals surface area (Å²) in [6, 6.07) is 18.1. The first-order valence-electron chi connectivity index (χ1n) is 8.84. The first-order chi connectivity index (χ1) is 13.9. The lowest BCUT2D eigenvalue weighted by molar-refractivity contribution is -0.137. The van der Waals surface area contributed by atoms with Crippen LogP contribution in [0.5, 0.6) is 5.75 Å². The van der Waals surface area contributed by atoms with E-state index in [1.54, 1.807) is 11.9 Å². The maximum absolute atomic E-state index is 12.6. The quantitative estimate of drug-likeness (QED) is 0.511. The molecule has 0 saturated heterocycles. The Labute approximate surface area is 164 Å². The molecule has 1 aromatic heterocycles. The van der Waals surface area contributed by atoms with Crippen molar-refractivity contribution in [2.24, 2.45) is 0 Å². The summed E-state index contributed by atoms with van der Waals surface area (Å²) in [6.45, 7) is 0.399. The molecule has 0 bridgehead atoms. The number of halogens is 3. The molecule has 0 spiro atoms. The van der Waals surface area contributed by atoms with Crippen molar-refractivity contribution in [1.82, 2.24) is 15.0 Å². The van der Waals surface area contributed by atoms with Crippen LogP contribution in [-0.2, 0) is 12.7 Å². The zero-order valence-electron chi connectivity index (χ0n) is 15.4. The van der Waals surface area contributed by atoms with Crippen LogP contribution in [-0.4, -0.2) is 22.1 Å². The van der Waals surface area contributed by atoms with Gasteiger partial charge in [-0.25, -0.2) is 0 Å². The highest BCUT2D eigenvalue weighted by Gasteiger charge is 2.29. The average Bonchev–Trinajstić information content (AvgIpc) is 3.15. The summed E-state index contributed by atoms with van der Waals surface area (Å²) in [5, 5.41) is 12.2. The molecule has 0 unspecified atom stereocenters. The van der Waals surface area contributed by atoms with Gasteiger partial charge in [0.15, 0.2) is 0 Å². The summed E-state index contributed by atoms with van der Waals surface area (Å²) in [5.41, 5.74) is 3.15. The Balaban J connectivity index is 1.48. The number of methoxy groups -OCH3 is 1. The van der Waals surface area contributed by atoms with E-state index in [-0.39, 0.29) is 0 Å². The fourth-order valence-electron chi connectivity index (χ4n) is 2.87. The topological polar surface area (TPSA) is 52.0 Å². The Hall–Kier alpha value is -3.55. The third kappa shape index (κ3) is 4.16.